The standard InChI is InChI=1S/C21H25N3O4/c1-14(17-10-9-16(27-2)13-19(17)28-3)22-21(26)23-18-11-12-24(20(18)25)15-7-5-4-6-8-15/h4-10,13-14,18H,11-12H2,1-3H3,(H2,22,23,26)/t14-,18+/m1/s1. The fourth-order valence-corrected chi connectivity index (χ4v) is 3.33. The van der Waals surface area contributed by atoms with Gasteiger partial charge < -0.3 is 25.0 Å². The molecule has 2 N–H and O–H groups in total. The molecule has 2 aromatic rings. The van der Waals surface area contributed by atoms with Crippen LogP contribution in [0.15, 0.2) is 48.5 Å². The van der Waals surface area contributed by atoms with Crippen LogP contribution in [0.3, 0.4) is 0 Å². The fraction of sp³-hybridized carbons (Fsp3) is 0.333. The number of benzene rings is 2. The predicted octanol–water partition coefficient (Wildman–Crippen LogP) is 2.87. The molecule has 0 saturated carbocycles. The Hall–Kier alpha value is -3.22. The van der Waals surface area contributed by atoms with Crippen LogP contribution in [0, 0.1) is 0 Å². The number of anilines is 1. The van der Waals surface area contributed by atoms with E-state index in [1.807, 2.05) is 49.4 Å². The summed E-state index contributed by atoms with van der Waals surface area (Å²) in [6.45, 7) is 2.44. The van der Waals surface area contributed by atoms with Gasteiger partial charge in [0.15, 0.2) is 0 Å². The minimum Gasteiger partial charge on any atom is -0.497 e. The van der Waals surface area contributed by atoms with Crippen LogP contribution in [-0.2, 0) is 4.79 Å². The first kappa shape index (κ1) is 19.5. The number of hydrogen-bond donors (Lipinski definition) is 2. The van der Waals surface area contributed by atoms with Gasteiger partial charge in [-0.3, -0.25) is 4.79 Å². The van der Waals surface area contributed by atoms with Gasteiger partial charge in [-0.1, -0.05) is 18.2 Å². The summed E-state index contributed by atoms with van der Waals surface area (Å²) < 4.78 is 10.6. The maximum Gasteiger partial charge on any atom is 0.315 e. The molecule has 0 radical (unpaired) electrons. The van der Waals surface area contributed by atoms with Gasteiger partial charge in [0, 0.05) is 23.9 Å². The van der Waals surface area contributed by atoms with Crippen molar-refractivity contribution >= 4 is 17.6 Å². The van der Waals surface area contributed by atoms with Crippen molar-refractivity contribution in [1.29, 1.82) is 0 Å². The highest BCUT2D eigenvalue weighted by molar-refractivity contribution is 6.01. The molecule has 1 aliphatic rings. The van der Waals surface area contributed by atoms with E-state index in [1.54, 1.807) is 25.2 Å². The molecule has 1 heterocycles. The molecular weight excluding hydrogens is 358 g/mol. The number of nitrogens with zero attached hydrogens (tertiary/aromatic N) is 1. The van der Waals surface area contributed by atoms with E-state index in [1.165, 1.54) is 0 Å². The topological polar surface area (TPSA) is 79.9 Å². The molecule has 2 atom stereocenters. The number of ether oxygens (including phenoxy) is 2. The van der Waals surface area contributed by atoms with Gasteiger partial charge in [-0.25, -0.2) is 4.79 Å². The van der Waals surface area contributed by atoms with E-state index in [-0.39, 0.29) is 11.9 Å². The first-order valence-corrected chi connectivity index (χ1v) is 9.19. The van der Waals surface area contributed by atoms with Gasteiger partial charge >= 0.3 is 6.03 Å². The largest absolute Gasteiger partial charge is 0.497 e. The highest BCUT2D eigenvalue weighted by atomic mass is 16.5. The SMILES string of the molecule is COc1ccc([C@@H](C)NC(=O)N[C@H]2CCN(c3ccccc3)C2=O)c(OC)c1. The molecule has 2 aromatic carbocycles. The Morgan fingerprint density at radius 3 is 2.57 bits per heavy atom. The zero-order chi connectivity index (χ0) is 20.1. The van der Waals surface area contributed by atoms with E-state index < -0.39 is 12.1 Å². The number of rotatable bonds is 6. The second-order valence-electron chi connectivity index (χ2n) is 6.61. The van der Waals surface area contributed by atoms with E-state index >= 15 is 0 Å². The first-order valence-electron chi connectivity index (χ1n) is 9.19. The highest BCUT2D eigenvalue weighted by Gasteiger charge is 2.33. The average Bonchev–Trinajstić information content (AvgIpc) is 3.08. The van der Waals surface area contributed by atoms with Crippen molar-refractivity contribution in [3.05, 3.63) is 54.1 Å². The van der Waals surface area contributed by atoms with Crippen LogP contribution in [-0.4, -0.2) is 38.7 Å². The van der Waals surface area contributed by atoms with Crippen LogP contribution < -0.4 is 25.0 Å². The van der Waals surface area contributed by atoms with E-state index in [0.717, 1.165) is 11.3 Å². The van der Waals surface area contributed by atoms with Gasteiger partial charge in [0.25, 0.3) is 0 Å². The second-order valence-corrected chi connectivity index (χ2v) is 6.61. The van der Waals surface area contributed by atoms with E-state index in [0.29, 0.717) is 24.5 Å². The Bertz CT molecular complexity index is 841. The third kappa shape index (κ3) is 4.19. The summed E-state index contributed by atoms with van der Waals surface area (Å²) in [7, 11) is 3.15. The molecule has 0 bridgehead atoms. The molecule has 0 spiro atoms. The number of urea groups is 1. The summed E-state index contributed by atoms with van der Waals surface area (Å²) in [6.07, 6.45) is 0.571. The van der Waals surface area contributed by atoms with Gasteiger partial charge in [0.05, 0.1) is 20.3 Å². The van der Waals surface area contributed by atoms with Gasteiger partial charge in [-0.05, 0) is 37.6 Å². The Balaban J connectivity index is 1.61. The molecule has 7 heteroatoms. The minimum absolute atomic E-state index is 0.101. The second kappa shape index (κ2) is 8.65. The number of hydrogen-bond acceptors (Lipinski definition) is 4. The number of carbonyl (C=O) groups is 2. The van der Waals surface area contributed by atoms with E-state index in [2.05, 4.69) is 10.6 Å². The number of nitrogens with one attached hydrogen (secondary N) is 2. The summed E-state index contributed by atoms with van der Waals surface area (Å²) in [4.78, 5) is 26.7. The van der Waals surface area contributed by atoms with Gasteiger partial charge in [-0.2, -0.15) is 0 Å². The summed E-state index contributed by atoms with van der Waals surface area (Å²) in [5, 5.41) is 5.65. The van der Waals surface area contributed by atoms with Crippen molar-refractivity contribution in [3.8, 4) is 11.5 Å². The molecule has 1 aliphatic heterocycles. The Kier molecular flexibility index (Phi) is 6.03. The van der Waals surface area contributed by atoms with Crippen LogP contribution >= 0.6 is 0 Å². The number of carbonyl (C=O) groups excluding carboxylic acids is 2. The van der Waals surface area contributed by atoms with Crippen molar-refractivity contribution in [2.45, 2.75) is 25.4 Å². The van der Waals surface area contributed by atoms with Crippen molar-refractivity contribution in [2.24, 2.45) is 0 Å². The predicted molar refractivity (Wildman–Crippen MR) is 107 cm³/mol. The van der Waals surface area contributed by atoms with Crippen LogP contribution in [0.1, 0.15) is 24.9 Å². The molecule has 0 unspecified atom stereocenters. The van der Waals surface area contributed by atoms with Crippen LogP contribution in [0.5, 0.6) is 11.5 Å². The average molecular weight is 383 g/mol. The van der Waals surface area contributed by atoms with Crippen molar-refractivity contribution < 1.29 is 19.1 Å². The lowest BCUT2D eigenvalue weighted by atomic mass is 10.1. The molecule has 0 aromatic heterocycles. The van der Waals surface area contributed by atoms with Crippen molar-refractivity contribution in [1.82, 2.24) is 10.6 Å². The molecule has 7 nitrogen and oxygen atoms in total. The molecule has 1 saturated heterocycles. The third-order valence-electron chi connectivity index (χ3n) is 4.83. The number of methoxy groups -OCH3 is 2. The Labute approximate surface area is 164 Å². The van der Waals surface area contributed by atoms with E-state index in [4.69, 9.17) is 9.47 Å². The molecule has 0 aliphatic carbocycles. The van der Waals surface area contributed by atoms with Crippen molar-refractivity contribution in [2.75, 3.05) is 25.7 Å². The molecule has 3 rings (SSSR count). The summed E-state index contributed by atoms with van der Waals surface area (Å²) >= 11 is 0. The Morgan fingerprint density at radius 2 is 1.89 bits per heavy atom. The van der Waals surface area contributed by atoms with Crippen molar-refractivity contribution in [3.63, 3.8) is 0 Å². The molecule has 148 valence electrons. The number of amides is 3. The lowest BCUT2D eigenvalue weighted by molar-refractivity contribution is -0.118. The van der Waals surface area contributed by atoms with Crippen LogP contribution in [0.2, 0.25) is 0 Å². The maximum absolute atomic E-state index is 12.6. The summed E-state index contributed by atoms with van der Waals surface area (Å²) in [5.74, 6) is 1.20. The highest BCUT2D eigenvalue weighted by Crippen LogP contribution is 2.29. The molecule has 1 fully saturated rings. The molecule has 3 amide bonds. The van der Waals surface area contributed by atoms with Gasteiger partial charge in [0.1, 0.15) is 17.5 Å². The van der Waals surface area contributed by atoms with Crippen LogP contribution in [0.25, 0.3) is 0 Å². The quantitative estimate of drug-likeness (QED) is 0.804. The monoisotopic (exact) mass is 383 g/mol. The fourth-order valence-electron chi connectivity index (χ4n) is 3.33. The first-order chi connectivity index (χ1) is 13.5. The maximum atomic E-state index is 12.6. The summed E-state index contributed by atoms with van der Waals surface area (Å²) in [6, 6.07) is 13.7. The van der Waals surface area contributed by atoms with Gasteiger partial charge in [0.2, 0.25) is 5.91 Å². The smallest absolute Gasteiger partial charge is 0.315 e. The molecule has 28 heavy (non-hydrogen) atoms. The lowest BCUT2D eigenvalue weighted by Crippen LogP contribution is -2.46. The third-order valence-corrected chi connectivity index (χ3v) is 4.83. The molecular formula is C21H25N3O4. The lowest BCUT2D eigenvalue weighted by Gasteiger charge is -2.20. The Morgan fingerprint density at radius 1 is 1.14 bits per heavy atom. The van der Waals surface area contributed by atoms with E-state index in [9.17, 15) is 9.59 Å². The zero-order valence-corrected chi connectivity index (χ0v) is 16.3. The normalized spacial score (nSPS) is 17.2. The summed E-state index contributed by atoms with van der Waals surface area (Å²) in [5.41, 5.74) is 1.66. The zero-order valence-electron chi connectivity index (χ0n) is 16.3. The number of para-hydroxylation sites is 1. The van der Waals surface area contributed by atoms with Gasteiger partial charge in [-0.15, -0.1) is 0 Å². The minimum atomic E-state index is -0.537. The van der Waals surface area contributed by atoms with Crippen LogP contribution in [0.4, 0.5) is 10.5 Å².